The molecule has 0 aromatic carbocycles. The molecule has 0 rings (SSSR count). The number of halogens is 6. The van der Waals surface area contributed by atoms with Gasteiger partial charge in [-0.1, -0.05) is 0 Å². The van der Waals surface area contributed by atoms with Crippen molar-refractivity contribution in [3.8, 4) is 0 Å². The Morgan fingerprint density at radius 1 is 0.647 bits per heavy atom. The molecular weight excluding hydrogens is 524 g/mol. The molecule has 100 valence electrons. The molecule has 17 heavy (non-hydrogen) atoms. The molecule has 0 aliphatic rings. The second kappa shape index (κ2) is 6.87. The quantitative estimate of drug-likeness (QED) is 0.253. The minimum atomic E-state index is -6.09. The van der Waals surface area contributed by atoms with Crippen molar-refractivity contribution in [3.63, 3.8) is 0 Å². The Labute approximate surface area is 127 Å². The zero-order chi connectivity index (χ0) is 14.0. The van der Waals surface area contributed by atoms with Crippen LogP contribution in [0.3, 0.4) is 0 Å². The molecule has 0 aromatic rings. The summed E-state index contributed by atoms with van der Waals surface area (Å²) in [6, 6.07) is 0. The number of hydrogen-bond acceptors (Lipinski definition) is 6. The maximum absolute atomic E-state index is 10.7. The fraction of sp³-hybridized carbons (Fsp3) is 1.00. The molecule has 0 spiro atoms. The molecule has 6 nitrogen and oxygen atoms in total. The van der Waals surface area contributed by atoms with E-state index in [4.69, 9.17) is 25.9 Å². The van der Waals surface area contributed by atoms with Crippen LogP contribution in [0.1, 0.15) is 0 Å². The maximum atomic E-state index is 10.7. The first-order valence-corrected chi connectivity index (χ1v) is 5.36. The summed E-state index contributed by atoms with van der Waals surface area (Å²) in [5.74, 6) is 0. The van der Waals surface area contributed by atoms with Crippen LogP contribution in [-0.2, 0) is 20.2 Å². The van der Waals surface area contributed by atoms with E-state index in [1.165, 1.54) is 0 Å². The Kier molecular flexibility index (Phi) is 9.29. The van der Waals surface area contributed by atoms with Crippen molar-refractivity contribution in [2.75, 3.05) is 0 Å². The third kappa shape index (κ3) is 10.5. The van der Waals surface area contributed by atoms with Crippen LogP contribution in [0.15, 0.2) is 0 Å². The molecule has 15 heteroatoms. The van der Waals surface area contributed by atoms with E-state index in [9.17, 15) is 26.3 Å². The largest absolute Gasteiger partial charge is 2.00 e. The Balaban J connectivity index is -0.000000218. The van der Waals surface area contributed by atoms with Crippen molar-refractivity contribution in [1.29, 1.82) is 0 Å². The van der Waals surface area contributed by atoms with Crippen LogP contribution in [-0.4, -0.2) is 37.0 Å². The zero-order valence-electron chi connectivity index (χ0n) is 7.24. The van der Waals surface area contributed by atoms with E-state index in [0.717, 1.165) is 0 Å². The maximum Gasteiger partial charge on any atom is 2.00 e. The summed E-state index contributed by atoms with van der Waals surface area (Å²) in [4.78, 5) is 0. The van der Waals surface area contributed by atoms with Gasteiger partial charge >= 0.3 is 56.0 Å². The predicted octanol–water partition coefficient (Wildman–Crippen LogP) is 0.103. The summed E-state index contributed by atoms with van der Waals surface area (Å²) in [6.45, 7) is 0. The smallest absolute Gasteiger partial charge is 0.741 e. The Morgan fingerprint density at radius 2 is 0.706 bits per heavy atom. The fourth-order valence-corrected chi connectivity index (χ4v) is 0. The molecule has 0 fully saturated rings. The molecule has 0 amide bonds. The van der Waals surface area contributed by atoms with Gasteiger partial charge in [0.15, 0.2) is 20.2 Å². The van der Waals surface area contributed by atoms with Crippen LogP contribution in [0.4, 0.5) is 26.3 Å². The van der Waals surface area contributed by atoms with Crippen LogP contribution >= 0.6 is 0 Å². The van der Waals surface area contributed by atoms with Gasteiger partial charge in [0.1, 0.15) is 0 Å². The van der Waals surface area contributed by atoms with Gasteiger partial charge in [-0.05, 0) is 0 Å². The SMILES string of the molecule is O=S(=O)([O-])C(F)(F)F.O=S(=O)([O-])C(F)(F)F.[Ra+2]. The summed E-state index contributed by atoms with van der Waals surface area (Å²) in [5, 5.41) is 0. The summed E-state index contributed by atoms with van der Waals surface area (Å²) >= 11 is 0. The molecule has 0 aromatic heterocycles. The molecule has 0 saturated carbocycles. The Bertz CT molecular complexity index is 374. The molecule has 0 unspecified atom stereocenters. The van der Waals surface area contributed by atoms with Crippen molar-refractivity contribution in [3.05, 3.63) is 0 Å². The van der Waals surface area contributed by atoms with Crippen LogP contribution in [0, 0.1) is 45.0 Å². The third-order valence-corrected chi connectivity index (χ3v) is 1.70. The van der Waals surface area contributed by atoms with Crippen LogP contribution in [0.5, 0.6) is 0 Å². The van der Waals surface area contributed by atoms with Crippen LogP contribution < -0.4 is 0 Å². The van der Waals surface area contributed by atoms with Crippen molar-refractivity contribution >= 4 is 20.2 Å². The summed E-state index contributed by atoms with van der Waals surface area (Å²) < 4.78 is 118. The molecular formula is C2F6O6RaS2. The molecule has 0 bridgehead atoms. The molecule has 0 aliphatic carbocycles. The third-order valence-electron chi connectivity index (χ3n) is 0.567. The summed E-state index contributed by atoms with van der Waals surface area (Å²) in [5.41, 5.74) is -11.3. The van der Waals surface area contributed by atoms with Gasteiger partial charge in [0, 0.05) is 0 Å². The summed E-state index contributed by atoms with van der Waals surface area (Å²) in [6.07, 6.45) is 0. The molecule has 0 N–H and O–H groups in total. The number of alkyl halides is 6. The van der Waals surface area contributed by atoms with E-state index in [-0.39, 0.29) is 45.0 Å². The zero-order valence-corrected chi connectivity index (χ0v) is 14.7. The predicted molar refractivity (Wildman–Crippen MR) is 31.5 cm³/mol. The van der Waals surface area contributed by atoms with Crippen molar-refractivity contribution in [2.45, 2.75) is 11.0 Å². The van der Waals surface area contributed by atoms with Gasteiger partial charge in [0.05, 0.1) is 0 Å². The van der Waals surface area contributed by atoms with Gasteiger partial charge in [-0.15, -0.1) is 0 Å². The van der Waals surface area contributed by atoms with E-state index < -0.39 is 31.3 Å². The molecule has 0 heterocycles. The van der Waals surface area contributed by atoms with Gasteiger partial charge in [0.25, 0.3) is 0 Å². The van der Waals surface area contributed by atoms with Crippen LogP contribution in [0.25, 0.3) is 0 Å². The Morgan fingerprint density at radius 3 is 0.706 bits per heavy atom. The van der Waals surface area contributed by atoms with Gasteiger partial charge in [-0.25, -0.2) is 16.8 Å². The van der Waals surface area contributed by atoms with E-state index in [1.54, 1.807) is 0 Å². The molecule has 0 aliphatic heterocycles. The van der Waals surface area contributed by atoms with E-state index in [1.807, 2.05) is 0 Å². The van der Waals surface area contributed by atoms with E-state index in [0.29, 0.717) is 0 Å². The second-order valence-electron chi connectivity index (χ2n) is 1.80. The van der Waals surface area contributed by atoms with Crippen LogP contribution in [0.2, 0.25) is 0 Å². The first-order chi connectivity index (χ1) is 6.50. The molecule has 0 atom stereocenters. The molecule has 0 radical (unpaired) electrons. The van der Waals surface area contributed by atoms with E-state index in [2.05, 4.69) is 0 Å². The second-order valence-corrected chi connectivity index (χ2v) is 4.54. The first-order valence-electron chi connectivity index (χ1n) is 2.54. The minimum absolute atomic E-state index is 0. The standard InChI is InChI=1S/2CHF3O3S.Ra/c2*2-1(3,4)8(5,6)7;/h2*(H,5,6,7);/q;;+2/p-2. The van der Waals surface area contributed by atoms with Gasteiger partial charge in [-0.3, -0.25) is 0 Å². The van der Waals surface area contributed by atoms with Crippen molar-refractivity contribution in [1.82, 2.24) is 0 Å². The van der Waals surface area contributed by atoms with Gasteiger partial charge < -0.3 is 9.11 Å². The minimum Gasteiger partial charge on any atom is -0.741 e. The summed E-state index contributed by atoms with van der Waals surface area (Å²) in [7, 11) is -12.2. The monoisotopic (exact) mass is 524 g/mol. The first kappa shape index (κ1) is 23.0. The average Bonchev–Trinajstić information content (AvgIpc) is 1.77. The molecule has 0 saturated heterocycles. The normalized spacial score (nSPS) is 13.2. The van der Waals surface area contributed by atoms with Gasteiger partial charge in [-0.2, -0.15) is 26.3 Å². The van der Waals surface area contributed by atoms with Crippen molar-refractivity contribution < 1.29 is 97.3 Å². The Hall–Kier alpha value is 0.868. The van der Waals surface area contributed by atoms with E-state index >= 15 is 0 Å². The fourth-order valence-electron chi connectivity index (χ4n) is 0. The topological polar surface area (TPSA) is 114 Å². The van der Waals surface area contributed by atoms with Gasteiger partial charge in [0.2, 0.25) is 0 Å². The number of rotatable bonds is 0. The van der Waals surface area contributed by atoms with Crippen molar-refractivity contribution in [2.24, 2.45) is 0 Å². The number of hydrogen-bond donors (Lipinski definition) is 0. The average molecular weight is 524 g/mol.